The number of aliphatic carboxylic acids is 1. The lowest BCUT2D eigenvalue weighted by molar-refractivity contribution is -0.165. The number of nitrogens with one attached hydrogen (secondary N) is 1. The van der Waals surface area contributed by atoms with Crippen molar-refractivity contribution in [3.05, 3.63) is 35.9 Å². The summed E-state index contributed by atoms with van der Waals surface area (Å²) in [7, 11) is 0. The molecule has 0 aromatic heterocycles. The van der Waals surface area contributed by atoms with Crippen LogP contribution in [0.2, 0.25) is 0 Å². The number of hydrazine groups is 1. The van der Waals surface area contributed by atoms with Crippen LogP contribution in [0.1, 0.15) is 44.6 Å². The molecule has 2 saturated heterocycles. The molecule has 3 rings (SSSR count). The molecule has 0 bridgehead atoms. The van der Waals surface area contributed by atoms with Crippen LogP contribution >= 0.6 is 11.8 Å². The van der Waals surface area contributed by atoms with Crippen LogP contribution < -0.4 is 5.32 Å². The first-order valence-electron chi connectivity index (χ1n) is 10.7. The van der Waals surface area contributed by atoms with E-state index in [0.29, 0.717) is 25.8 Å². The molecule has 168 valence electrons. The van der Waals surface area contributed by atoms with Gasteiger partial charge >= 0.3 is 5.97 Å². The van der Waals surface area contributed by atoms with E-state index in [0.717, 1.165) is 36.6 Å². The number of piperidine rings is 1. The number of hydrogen-bond acceptors (Lipinski definition) is 6. The molecule has 0 spiro atoms. The summed E-state index contributed by atoms with van der Waals surface area (Å²) >= 11 is 0.949. The Balaban J connectivity index is 1.75. The number of hydrogen-bond donors (Lipinski definition) is 2. The lowest BCUT2D eigenvalue weighted by atomic mass is 9.98. The maximum absolute atomic E-state index is 13.2. The van der Waals surface area contributed by atoms with E-state index < -0.39 is 29.7 Å². The van der Waals surface area contributed by atoms with E-state index in [9.17, 15) is 24.3 Å². The van der Waals surface area contributed by atoms with Crippen molar-refractivity contribution >= 4 is 34.7 Å². The molecule has 2 N–H and O–H groups in total. The van der Waals surface area contributed by atoms with Crippen molar-refractivity contribution in [1.29, 1.82) is 0 Å². The van der Waals surface area contributed by atoms with Crippen LogP contribution in [-0.4, -0.2) is 68.4 Å². The minimum atomic E-state index is -1.08. The molecule has 9 heteroatoms. The molecule has 0 saturated carbocycles. The van der Waals surface area contributed by atoms with Crippen molar-refractivity contribution in [2.75, 3.05) is 13.1 Å². The summed E-state index contributed by atoms with van der Waals surface area (Å²) in [5, 5.41) is 14.5. The lowest BCUT2D eigenvalue weighted by Gasteiger charge is -2.41. The van der Waals surface area contributed by atoms with Gasteiger partial charge in [-0.15, -0.1) is 0 Å². The highest BCUT2D eigenvalue weighted by Crippen LogP contribution is 2.27. The van der Waals surface area contributed by atoms with Gasteiger partial charge in [0, 0.05) is 19.5 Å². The Bertz CT molecular complexity index is 819. The smallest absolute Gasteiger partial charge is 0.324 e. The molecule has 2 amide bonds. The molecule has 2 aliphatic rings. The average Bonchev–Trinajstić information content (AvgIpc) is 2.86. The van der Waals surface area contributed by atoms with Gasteiger partial charge in [0.2, 0.25) is 5.91 Å². The Morgan fingerprint density at radius 2 is 1.90 bits per heavy atom. The minimum absolute atomic E-state index is 0.102. The van der Waals surface area contributed by atoms with Gasteiger partial charge in [0.25, 0.3) is 5.91 Å². The number of rotatable bonds is 7. The van der Waals surface area contributed by atoms with Gasteiger partial charge < -0.3 is 10.4 Å². The van der Waals surface area contributed by atoms with Crippen LogP contribution in [0, 0.1) is 0 Å². The Kier molecular flexibility index (Phi) is 8.09. The molecule has 31 heavy (non-hydrogen) atoms. The molecule has 2 aliphatic heterocycles. The summed E-state index contributed by atoms with van der Waals surface area (Å²) in [6, 6.07) is 8.71. The fraction of sp³-hybridized carbons (Fsp3) is 0.545. The van der Waals surface area contributed by atoms with Gasteiger partial charge in [0.15, 0.2) is 5.12 Å². The first-order valence-corrected chi connectivity index (χ1v) is 11.5. The molecule has 2 fully saturated rings. The second-order valence-corrected chi connectivity index (χ2v) is 9.41. The highest BCUT2D eigenvalue weighted by molar-refractivity contribution is 8.14. The topological polar surface area (TPSA) is 107 Å². The largest absolute Gasteiger partial charge is 0.480 e. The zero-order valence-corrected chi connectivity index (χ0v) is 18.5. The fourth-order valence-corrected chi connectivity index (χ4v) is 5.15. The number of nitrogens with zero attached hydrogens (tertiary/aromatic N) is 2. The van der Waals surface area contributed by atoms with Gasteiger partial charge in [-0.05, 0) is 37.7 Å². The number of fused-ring (bicyclic) bond motifs is 1. The zero-order valence-electron chi connectivity index (χ0n) is 17.7. The lowest BCUT2D eigenvalue weighted by Crippen LogP contribution is -2.57. The number of benzene rings is 1. The van der Waals surface area contributed by atoms with E-state index in [1.807, 2.05) is 35.3 Å². The summed E-state index contributed by atoms with van der Waals surface area (Å²) in [4.78, 5) is 49.4. The van der Waals surface area contributed by atoms with E-state index in [4.69, 9.17) is 0 Å². The quantitative estimate of drug-likeness (QED) is 0.657. The van der Waals surface area contributed by atoms with Crippen LogP contribution in [0.15, 0.2) is 30.3 Å². The SMILES string of the molecule is CC(=O)S[C@H](Cc1ccccc1)C(=O)N[C@@H]1CC[C@H]2CCCCN2N(CC(=O)O)C1=O. The van der Waals surface area contributed by atoms with Gasteiger partial charge in [0.05, 0.1) is 5.25 Å². The standard InChI is InChI=1S/C22H29N3O5S/c1-15(26)31-19(13-16-7-3-2-4-8-16)21(29)23-18-11-10-17-9-5-6-12-24(17)25(22(18)30)14-20(27)28/h2-4,7-8,17-19H,5-6,9-14H2,1H3,(H,23,29)(H,27,28)/t17-,18-,19-/m1/s1. The van der Waals surface area contributed by atoms with Gasteiger partial charge in [-0.25, -0.2) is 5.01 Å². The summed E-state index contributed by atoms with van der Waals surface area (Å²) in [6.07, 6.45) is 4.37. The first-order chi connectivity index (χ1) is 14.8. The number of carbonyl (C=O) groups is 4. The molecule has 1 aromatic carbocycles. The molecule has 2 heterocycles. The highest BCUT2D eigenvalue weighted by Gasteiger charge is 2.40. The van der Waals surface area contributed by atoms with Crippen LogP contribution in [0.4, 0.5) is 0 Å². The van der Waals surface area contributed by atoms with Gasteiger partial charge in [-0.3, -0.25) is 24.2 Å². The van der Waals surface area contributed by atoms with Crippen molar-refractivity contribution in [3.63, 3.8) is 0 Å². The average molecular weight is 448 g/mol. The third-order valence-electron chi connectivity index (χ3n) is 5.71. The molecular formula is C22H29N3O5S. The fourth-order valence-electron chi connectivity index (χ4n) is 4.30. The Labute approximate surface area is 186 Å². The highest BCUT2D eigenvalue weighted by atomic mass is 32.2. The van der Waals surface area contributed by atoms with Crippen LogP contribution in [0.5, 0.6) is 0 Å². The molecular weight excluding hydrogens is 418 g/mol. The Morgan fingerprint density at radius 1 is 1.16 bits per heavy atom. The normalized spacial score (nSPS) is 22.9. The molecule has 0 radical (unpaired) electrons. The summed E-state index contributed by atoms with van der Waals surface area (Å²) in [6.45, 7) is 1.64. The van der Waals surface area contributed by atoms with Crippen molar-refractivity contribution in [2.45, 2.75) is 62.8 Å². The van der Waals surface area contributed by atoms with E-state index in [1.54, 1.807) is 0 Å². The summed E-state index contributed by atoms with van der Waals surface area (Å²) in [5.74, 6) is -1.86. The van der Waals surface area contributed by atoms with Crippen LogP contribution in [0.25, 0.3) is 0 Å². The molecule has 0 unspecified atom stereocenters. The number of carbonyl (C=O) groups excluding carboxylic acids is 3. The Hall–Kier alpha value is -2.39. The van der Waals surface area contributed by atoms with Crippen LogP contribution in [-0.2, 0) is 25.6 Å². The first kappa shape index (κ1) is 23.3. The van der Waals surface area contributed by atoms with E-state index in [1.165, 1.54) is 11.9 Å². The monoisotopic (exact) mass is 447 g/mol. The third-order valence-corrected chi connectivity index (χ3v) is 6.71. The molecule has 1 aromatic rings. The maximum Gasteiger partial charge on any atom is 0.324 e. The van der Waals surface area contributed by atoms with Crippen molar-refractivity contribution in [2.24, 2.45) is 0 Å². The van der Waals surface area contributed by atoms with Crippen molar-refractivity contribution < 1.29 is 24.3 Å². The van der Waals surface area contributed by atoms with Crippen LogP contribution in [0.3, 0.4) is 0 Å². The Morgan fingerprint density at radius 3 is 2.58 bits per heavy atom. The van der Waals surface area contributed by atoms with Gasteiger partial charge in [0.1, 0.15) is 12.6 Å². The maximum atomic E-state index is 13.2. The third kappa shape index (κ3) is 6.30. The van der Waals surface area contributed by atoms with E-state index in [2.05, 4.69) is 5.32 Å². The van der Waals surface area contributed by atoms with E-state index in [-0.39, 0.29) is 17.1 Å². The number of carboxylic acid groups (broad SMARTS) is 1. The summed E-state index contributed by atoms with van der Waals surface area (Å²) < 4.78 is 0. The molecule has 3 atom stereocenters. The second kappa shape index (κ2) is 10.8. The predicted octanol–water partition coefficient (Wildman–Crippen LogP) is 1.84. The van der Waals surface area contributed by atoms with Crippen molar-refractivity contribution in [1.82, 2.24) is 15.3 Å². The van der Waals surface area contributed by atoms with Crippen molar-refractivity contribution in [3.8, 4) is 0 Å². The minimum Gasteiger partial charge on any atom is -0.480 e. The summed E-state index contributed by atoms with van der Waals surface area (Å²) in [5.41, 5.74) is 0.924. The zero-order chi connectivity index (χ0) is 22.4. The second-order valence-electron chi connectivity index (χ2n) is 8.03. The van der Waals surface area contributed by atoms with Gasteiger partial charge in [-0.2, -0.15) is 0 Å². The van der Waals surface area contributed by atoms with E-state index >= 15 is 0 Å². The molecule has 8 nitrogen and oxygen atoms in total. The number of thioether (sulfide) groups is 1. The predicted molar refractivity (Wildman–Crippen MR) is 117 cm³/mol. The van der Waals surface area contributed by atoms with Gasteiger partial charge in [-0.1, -0.05) is 48.5 Å². The molecule has 0 aliphatic carbocycles. The number of carboxylic acids is 1. The number of amides is 2.